The van der Waals surface area contributed by atoms with Gasteiger partial charge in [0, 0.05) is 17.0 Å². The second kappa shape index (κ2) is 8.24. The van der Waals surface area contributed by atoms with Crippen molar-refractivity contribution < 1.29 is 14.2 Å². The lowest BCUT2D eigenvalue weighted by molar-refractivity contribution is 0.0888. The van der Waals surface area contributed by atoms with Crippen molar-refractivity contribution in [1.82, 2.24) is 9.78 Å². The molecule has 0 fully saturated rings. The third-order valence-corrected chi connectivity index (χ3v) is 4.57. The zero-order valence-electron chi connectivity index (χ0n) is 15.5. The number of aliphatic hydroxyl groups excluding tert-OH is 1. The Bertz CT molecular complexity index is 1180. The Morgan fingerprint density at radius 2 is 1.72 bits per heavy atom. The van der Waals surface area contributed by atoms with Gasteiger partial charge in [-0.2, -0.15) is 5.10 Å². The zero-order valence-corrected chi connectivity index (χ0v) is 15.5. The lowest BCUT2D eigenvalue weighted by Gasteiger charge is -2.15. The van der Waals surface area contributed by atoms with E-state index in [-0.39, 0.29) is 24.5 Å². The standard InChI is InChI=1S/C23H19FN2O3/c24-18-10-8-17(9-11-18)21-12-13-23(28)26(25-21)14-19(27)15-29-22-7-3-5-16-4-1-2-6-20(16)22/h1-13,19,27H,14-15H2/t19-/m0/s1. The molecule has 1 N–H and O–H groups in total. The van der Waals surface area contributed by atoms with Crippen molar-refractivity contribution in [2.75, 3.05) is 6.61 Å². The normalized spacial score (nSPS) is 12.1. The molecule has 0 radical (unpaired) electrons. The molecule has 29 heavy (non-hydrogen) atoms. The summed E-state index contributed by atoms with van der Waals surface area (Å²) in [6.07, 6.45) is -0.928. The minimum absolute atomic E-state index is 0.0152. The first-order valence-electron chi connectivity index (χ1n) is 9.23. The van der Waals surface area contributed by atoms with Gasteiger partial charge in [0.15, 0.2) is 0 Å². The summed E-state index contributed by atoms with van der Waals surface area (Å²) in [6, 6.07) is 22.3. The van der Waals surface area contributed by atoms with Crippen LogP contribution in [0.1, 0.15) is 0 Å². The Hall–Kier alpha value is -3.51. The van der Waals surface area contributed by atoms with Crippen LogP contribution in [-0.2, 0) is 6.54 Å². The minimum atomic E-state index is -0.928. The van der Waals surface area contributed by atoms with Crippen LogP contribution in [0.25, 0.3) is 22.0 Å². The van der Waals surface area contributed by atoms with Crippen LogP contribution >= 0.6 is 0 Å². The molecule has 4 aromatic rings. The maximum absolute atomic E-state index is 13.1. The number of aromatic nitrogens is 2. The SMILES string of the molecule is O=c1ccc(-c2ccc(F)cc2)nn1C[C@H](O)COc1cccc2ccccc12. The van der Waals surface area contributed by atoms with Crippen LogP contribution in [0.5, 0.6) is 5.75 Å². The van der Waals surface area contributed by atoms with Crippen molar-refractivity contribution in [1.29, 1.82) is 0 Å². The molecular weight excluding hydrogens is 371 g/mol. The maximum atomic E-state index is 13.1. The third kappa shape index (κ3) is 4.33. The van der Waals surface area contributed by atoms with Crippen LogP contribution in [0.3, 0.4) is 0 Å². The Balaban J connectivity index is 1.48. The molecule has 0 saturated carbocycles. The van der Waals surface area contributed by atoms with Gasteiger partial charge in [-0.3, -0.25) is 4.79 Å². The van der Waals surface area contributed by atoms with E-state index in [4.69, 9.17) is 4.74 Å². The molecule has 1 atom stereocenters. The van der Waals surface area contributed by atoms with Crippen molar-refractivity contribution in [2.45, 2.75) is 12.6 Å². The van der Waals surface area contributed by atoms with Gasteiger partial charge >= 0.3 is 0 Å². The molecule has 0 bridgehead atoms. The second-order valence-electron chi connectivity index (χ2n) is 6.69. The molecule has 3 aromatic carbocycles. The van der Waals surface area contributed by atoms with E-state index in [9.17, 15) is 14.3 Å². The van der Waals surface area contributed by atoms with Gasteiger partial charge in [0.05, 0.1) is 12.2 Å². The average Bonchev–Trinajstić information content (AvgIpc) is 2.74. The molecular formula is C23H19FN2O3. The third-order valence-electron chi connectivity index (χ3n) is 4.57. The van der Waals surface area contributed by atoms with E-state index in [1.54, 1.807) is 18.2 Å². The van der Waals surface area contributed by atoms with E-state index in [0.717, 1.165) is 10.8 Å². The molecule has 1 heterocycles. The predicted molar refractivity (Wildman–Crippen MR) is 109 cm³/mol. The summed E-state index contributed by atoms with van der Waals surface area (Å²) >= 11 is 0. The highest BCUT2D eigenvalue weighted by molar-refractivity contribution is 5.88. The number of hydrogen-bond donors (Lipinski definition) is 1. The molecule has 0 aliphatic rings. The fourth-order valence-electron chi connectivity index (χ4n) is 3.11. The lowest BCUT2D eigenvalue weighted by atomic mass is 10.1. The molecule has 6 heteroatoms. The van der Waals surface area contributed by atoms with Gasteiger partial charge in [0.25, 0.3) is 5.56 Å². The molecule has 0 amide bonds. The molecule has 0 aliphatic heterocycles. The second-order valence-corrected chi connectivity index (χ2v) is 6.69. The first-order chi connectivity index (χ1) is 14.1. The van der Waals surface area contributed by atoms with Crippen molar-refractivity contribution in [3.05, 3.63) is 95.0 Å². The number of ether oxygens (including phenoxy) is 1. The van der Waals surface area contributed by atoms with E-state index in [0.29, 0.717) is 17.0 Å². The lowest BCUT2D eigenvalue weighted by Crippen LogP contribution is -2.31. The largest absolute Gasteiger partial charge is 0.490 e. The van der Waals surface area contributed by atoms with Gasteiger partial charge in [-0.25, -0.2) is 9.07 Å². The topological polar surface area (TPSA) is 64.4 Å². The van der Waals surface area contributed by atoms with Crippen LogP contribution in [0.15, 0.2) is 83.7 Å². The number of fused-ring (bicyclic) bond motifs is 1. The predicted octanol–water partition coefficient (Wildman–Crippen LogP) is 3.64. The molecule has 0 aliphatic carbocycles. The summed E-state index contributed by atoms with van der Waals surface area (Å²) in [4.78, 5) is 12.1. The number of rotatable bonds is 6. The van der Waals surface area contributed by atoms with Crippen LogP contribution < -0.4 is 10.3 Å². The molecule has 5 nitrogen and oxygen atoms in total. The van der Waals surface area contributed by atoms with Gasteiger partial charge < -0.3 is 9.84 Å². The van der Waals surface area contributed by atoms with Crippen LogP contribution in [0.4, 0.5) is 4.39 Å². The number of nitrogens with zero attached hydrogens (tertiary/aromatic N) is 2. The van der Waals surface area contributed by atoms with Crippen molar-refractivity contribution in [3.63, 3.8) is 0 Å². The quantitative estimate of drug-likeness (QED) is 0.546. The molecule has 0 spiro atoms. The zero-order chi connectivity index (χ0) is 20.2. The van der Waals surface area contributed by atoms with E-state index >= 15 is 0 Å². The van der Waals surface area contributed by atoms with E-state index in [2.05, 4.69) is 5.10 Å². The highest BCUT2D eigenvalue weighted by Crippen LogP contribution is 2.25. The Morgan fingerprint density at radius 1 is 0.966 bits per heavy atom. The van der Waals surface area contributed by atoms with Gasteiger partial charge in [-0.15, -0.1) is 0 Å². The first-order valence-corrected chi connectivity index (χ1v) is 9.23. The van der Waals surface area contributed by atoms with E-state index < -0.39 is 6.10 Å². The molecule has 4 rings (SSSR count). The fourth-order valence-corrected chi connectivity index (χ4v) is 3.11. The highest BCUT2D eigenvalue weighted by Gasteiger charge is 2.11. The summed E-state index contributed by atoms with van der Waals surface area (Å²) in [5.74, 6) is 0.325. The van der Waals surface area contributed by atoms with Gasteiger partial charge in [-0.1, -0.05) is 36.4 Å². The summed E-state index contributed by atoms with van der Waals surface area (Å²) in [6.45, 7) is 0.00153. The van der Waals surface area contributed by atoms with Crippen LogP contribution in [0.2, 0.25) is 0 Å². The molecule has 0 unspecified atom stereocenters. The Morgan fingerprint density at radius 3 is 2.55 bits per heavy atom. The Kier molecular flexibility index (Phi) is 5.35. The van der Waals surface area contributed by atoms with Crippen molar-refractivity contribution in [3.8, 4) is 17.0 Å². The molecule has 1 aromatic heterocycles. The summed E-state index contributed by atoms with van der Waals surface area (Å²) in [5.41, 5.74) is 0.869. The average molecular weight is 390 g/mol. The fraction of sp³-hybridized carbons (Fsp3) is 0.130. The summed E-state index contributed by atoms with van der Waals surface area (Å²) in [5, 5.41) is 16.7. The van der Waals surface area contributed by atoms with Gasteiger partial charge in [0.1, 0.15) is 24.3 Å². The van der Waals surface area contributed by atoms with Crippen LogP contribution in [0, 0.1) is 5.82 Å². The number of benzene rings is 3. The number of halogens is 1. The first kappa shape index (κ1) is 18.8. The van der Waals surface area contributed by atoms with Crippen LogP contribution in [-0.4, -0.2) is 27.6 Å². The molecule has 146 valence electrons. The van der Waals surface area contributed by atoms with Crippen molar-refractivity contribution in [2.24, 2.45) is 0 Å². The monoisotopic (exact) mass is 390 g/mol. The highest BCUT2D eigenvalue weighted by atomic mass is 19.1. The van der Waals surface area contributed by atoms with Gasteiger partial charge in [0.2, 0.25) is 0 Å². The molecule has 0 saturated heterocycles. The number of hydrogen-bond acceptors (Lipinski definition) is 4. The van der Waals surface area contributed by atoms with Gasteiger partial charge in [-0.05, 0) is 41.8 Å². The van der Waals surface area contributed by atoms with E-state index in [1.165, 1.54) is 22.9 Å². The van der Waals surface area contributed by atoms with E-state index in [1.807, 2.05) is 42.5 Å². The summed E-state index contributed by atoms with van der Waals surface area (Å²) < 4.78 is 20.1. The summed E-state index contributed by atoms with van der Waals surface area (Å²) in [7, 11) is 0. The van der Waals surface area contributed by atoms with Crippen molar-refractivity contribution >= 4 is 10.8 Å². The Labute approximate surface area is 166 Å². The number of aliphatic hydroxyl groups is 1. The smallest absolute Gasteiger partial charge is 0.266 e. The minimum Gasteiger partial charge on any atom is -0.490 e. The maximum Gasteiger partial charge on any atom is 0.266 e.